The molecule has 0 spiro atoms. The van der Waals surface area contributed by atoms with Crippen molar-refractivity contribution in [3.05, 3.63) is 46.1 Å². The Morgan fingerprint density at radius 3 is 2.59 bits per heavy atom. The van der Waals surface area contributed by atoms with E-state index in [2.05, 4.69) is 5.32 Å². The van der Waals surface area contributed by atoms with Crippen LogP contribution in [-0.4, -0.2) is 7.05 Å². The summed E-state index contributed by atoms with van der Waals surface area (Å²) in [5.41, 5.74) is 0.852. The van der Waals surface area contributed by atoms with Crippen LogP contribution in [0.25, 0.3) is 11.3 Å². The zero-order valence-electron chi connectivity index (χ0n) is 9.63. The van der Waals surface area contributed by atoms with Crippen molar-refractivity contribution in [1.82, 2.24) is 5.32 Å². The highest BCUT2D eigenvalue weighted by Crippen LogP contribution is 2.32. The van der Waals surface area contributed by atoms with Gasteiger partial charge < -0.3 is 9.73 Å². The molecule has 0 amide bonds. The van der Waals surface area contributed by atoms with E-state index in [0.29, 0.717) is 10.0 Å². The average molecular weight is 270 g/mol. The minimum absolute atomic E-state index is 0.176. The summed E-state index contributed by atoms with van der Waals surface area (Å²) in [6, 6.07) is 9.40. The van der Waals surface area contributed by atoms with E-state index in [1.54, 1.807) is 12.1 Å². The second-order valence-corrected chi connectivity index (χ2v) is 4.68. The molecule has 0 saturated carbocycles. The molecule has 1 N–H and O–H groups in total. The standard InChI is InChI=1S/C13H13Cl2NO/c1-8(16-2)12-5-6-13(17-12)10-4-3-9(14)7-11(10)15/h3-8,16H,1-2H3. The molecule has 17 heavy (non-hydrogen) atoms. The van der Waals surface area contributed by atoms with Crippen LogP contribution in [0.1, 0.15) is 18.7 Å². The highest BCUT2D eigenvalue weighted by Gasteiger charge is 2.12. The maximum Gasteiger partial charge on any atom is 0.135 e. The first kappa shape index (κ1) is 12.5. The van der Waals surface area contributed by atoms with Gasteiger partial charge in [-0.3, -0.25) is 0 Å². The Balaban J connectivity index is 2.37. The van der Waals surface area contributed by atoms with Gasteiger partial charge in [0.05, 0.1) is 11.1 Å². The number of rotatable bonds is 3. The molecule has 0 aliphatic rings. The molecule has 0 aliphatic heterocycles. The quantitative estimate of drug-likeness (QED) is 0.886. The average Bonchev–Trinajstić information content (AvgIpc) is 2.77. The molecule has 1 atom stereocenters. The first-order valence-corrected chi connectivity index (χ1v) is 6.10. The number of nitrogens with one attached hydrogen (secondary N) is 1. The van der Waals surface area contributed by atoms with Crippen molar-refractivity contribution in [2.75, 3.05) is 7.05 Å². The van der Waals surface area contributed by atoms with Crippen LogP contribution in [0, 0.1) is 0 Å². The topological polar surface area (TPSA) is 25.2 Å². The number of halogens is 2. The lowest BCUT2D eigenvalue weighted by molar-refractivity contribution is 0.458. The Morgan fingerprint density at radius 1 is 1.18 bits per heavy atom. The van der Waals surface area contributed by atoms with Gasteiger partial charge in [0.1, 0.15) is 11.5 Å². The molecular formula is C13H13Cl2NO. The molecule has 0 fully saturated rings. The molecule has 1 unspecified atom stereocenters. The fourth-order valence-electron chi connectivity index (χ4n) is 1.56. The van der Waals surface area contributed by atoms with Crippen molar-refractivity contribution in [3.8, 4) is 11.3 Å². The first-order valence-electron chi connectivity index (χ1n) is 5.34. The molecule has 0 aliphatic carbocycles. The molecule has 0 bridgehead atoms. The lowest BCUT2D eigenvalue weighted by atomic mass is 10.2. The molecule has 4 heteroatoms. The predicted molar refractivity (Wildman–Crippen MR) is 71.6 cm³/mol. The van der Waals surface area contributed by atoms with Crippen molar-refractivity contribution >= 4 is 23.2 Å². The van der Waals surface area contributed by atoms with Gasteiger partial charge in [0.25, 0.3) is 0 Å². The SMILES string of the molecule is CNC(C)c1ccc(-c2ccc(Cl)cc2Cl)o1. The van der Waals surface area contributed by atoms with Gasteiger partial charge in [0.15, 0.2) is 0 Å². The normalized spacial score (nSPS) is 12.7. The fourth-order valence-corrected chi connectivity index (χ4v) is 2.06. The molecule has 1 heterocycles. The molecular weight excluding hydrogens is 257 g/mol. The van der Waals surface area contributed by atoms with Gasteiger partial charge in [-0.25, -0.2) is 0 Å². The summed E-state index contributed by atoms with van der Waals surface area (Å²) in [5.74, 6) is 1.64. The van der Waals surface area contributed by atoms with Crippen molar-refractivity contribution < 1.29 is 4.42 Å². The Morgan fingerprint density at radius 2 is 1.94 bits per heavy atom. The lowest BCUT2D eigenvalue weighted by Crippen LogP contribution is -2.10. The summed E-state index contributed by atoms with van der Waals surface area (Å²) in [5, 5.41) is 4.33. The number of furan rings is 1. The summed E-state index contributed by atoms with van der Waals surface area (Å²) in [6.07, 6.45) is 0. The van der Waals surface area contributed by atoms with E-state index in [-0.39, 0.29) is 6.04 Å². The van der Waals surface area contributed by atoms with Crippen LogP contribution in [0.2, 0.25) is 10.0 Å². The largest absolute Gasteiger partial charge is 0.459 e. The third kappa shape index (κ3) is 2.65. The second-order valence-electron chi connectivity index (χ2n) is 3.84. The molecule has 0 saturated heterocycles. The van der Waals surface area contributed by atoms with Gasteiger partial charge in [0, 0.05) is 10.6 Å². The van der Waals surface area contributed by atoms with Crippen LogP contribution >= 0.6 is 23.2 Å². The molecule has 2 nitrogen and oxygen atoms in total. The minimum Gasteiger partial charge on any atom is -0.459 e. The zero-order valence-corrected chi connectivity index (χ0v) is 11.1. The van der Waals surface area contributed by atoms with E-state index in [1.807, 2.05) is 32.2 Å². The molecule has 1 aromatic carbocycles. The summed E-state index contributed by atoms with van der Waals surface area (Å²) in [4.78, 5) is 0. The summed E-state index contributed by atoms with van der Waals surface area (Å²) >= 11 is 12.0. The lowest BCUT2D eigenvalue weighted by Gasteiger charge is -2.06. The Hall–Kier alpha value is -0.960. The minimum atomic E-state index is 0.176. The Kier molecular flexibility index (Phi) is 3.77. The van der Waals surface area contributed by atoms with Crippen LogP contribution in [0.3, 0.4) is 0 Å². The fraction of sp³-hybridized carbons (Fsp3) is 0.231. The van der Waals surface area contributed by atoms with E-state index in [4.69, 9.17) is 27.6 Å². The van der Waals surface area contributed by atoms with Gasteiger partial charge >= 0.3 is 0 Å². The molecule has 2 aromatic rings. The predicted octanol–water partition coefficient (Wildman–Crippen LogP) is 4.53. The van der Waals surface area contributed by atoms with Crippen LogP contribution in [0.5, 0.6) is 0 Å². The van der Waals surface area contributed by atoms with Crippen LogP contribution in [0.15, 0.2) is 34.7 Å². The van der Waals surface area contributed by atoms with E-state index in [0.717, 1.165) is 17.1 Å². The van der Waals surface area contributed by atoms with Gasteiger partial charge in [-0.1, -0.05) is 23.2 Å². The number of hydrogen-bond acceptors (Lipinski definition) is 2. The maximum absolute atomic E-state index is 6.13. The van der Waals surface area contributed by atoms with Gasteiger partial charge in [-0.05, 0) is 44.3 Å². The third-order valence-electron chi connectivity index (χ3n) is 2.68. The third-order valence-corrected chi connectivity index (χ3v) is 3.23. The molecule has 1 aromatic heterocycles. The summed E-state index contributed by atoms with van der Waals surface area (Å²) in [7, 11) is 1.89. The van der Waals surface area contributed by atoms with Crippen molar-refractivity contribution in [2.24, 2.45) is 0 Å². The summed E-state index contributed by atoms with van der Waals surface area (Å²) < 4.78 is 5.75. The van der Waals surface area contributed by atoms with Crippen molar-refractivity contribution in [1.29, 1.82) is 0 Å². The highest BCUT2D eigenvalue weighted by molar-refractivity contribution is 6.36. The number of benzene rings is 1. The smallest absolute Gasteiger partial charge is 0.135 e. The van der Waals surface area contributed by atoms with Crippen LogP contribution < -0.4 is 5.32 Å². The van der Waals surface area contributed by atoms with Crippen LogP contribution in [-0.2, 0) is 0 Å². The van der Waals surface area contributed by atoms with Crippen molar-refractivity contribution in [2.45, 2.75) is 13.0 Å². The molecule has 90 valence electrons. The number of hydrogen-bond donors (Lipinski definition) is 1. The zero-order chi connectivity index (χ0) is 12.4. The first-order chi connectivity index (χ1) is 8.11. The van der Waals surface area contributed by atoms with Crippen molar-refractivity contribution in [3.63, 3.8) is 0 Å². The van der Waals surface area contributed by atoms with E-state index in [1.165, 1.54) is 0 Å². The van der Waals surface area contributed by atoms with E-state index in [9.17, 15) is 0 Å². The monoisotopic (exact) mass is 269 g/mol. The van der Waals surface area contributed by atoms with Gasteiger partial charge in [0.2, 0.25) is 0 Å². The van der Waals surface area contributed by atoms with Crippen LogP contribution in [0.4, 0.5) is 0 Å². The summed E-state index contributed by atoms with van der Waals surface area (Å²) in [6.45, 7) is 2.03. The molecule has 0 radical (unpaired) electrons. The molecule has 2 rings (SSSR count). The maximum atomic E-state index is 6.13. The Bertz CT molecular complexity index is 522. The van der Waals surface area contributed by atoms with E-state index >= 15 is 0 Å². The highest BCUT2D eigenvalue weighted by atomic mass is 35.5. The Labute approximate surface area is 111 Å². The second kappa shape index (κ2) is 5.13. The van der Waals surface area contributed by atoms with E-state index < -0.39 is 0 Å². The van der Waals surface area contributed by atoms with Gasteiger partial charge in [-0.2, -0.15) is 0 Å². The van der Waals surface area contributed by atoms with Gasteiger partial charge in [-0.15, -0.1) is 0 Å².